The summed E-state index contributed by atoms with van der Waals surface area (Å²) >= 11 is 0. The molecule has 0 unspecified atom stereocenters. The van der Waals surface area contributed by atoms with Crippen LogP contribution in [-0.4, -0.2) is 40.0 Å². The maximum atomic E-state index is 12.8. The predicted molar refractivity (Wildman–Crippen MR) is 91.0 cm³/mol. The molecule has 0 saturated carbocycles. The van der Waals surface area contributed by atoms with Crippen LogP contribution < -0.4 is 0 Å². The second kappa shape index (κ2) is 6.07. The van der Waals surface area contributed by atoms with Crippen molar-refractivity contribution in [3.05, 3.63) is 52.7 Å². The average Bonchev–Trinajstić information content (AvgIpc) is 2.87. The van der Waals surface area contributed by atoms with Crippen molar-refractivity contribution in [2.75, 3.05) is 13.2 Å². The smallest absolute Gasteiger partial charge is 0.415 e. The Morgan fingerprint density at radius 3 is 2.54 bits per heavy atom. The van der Waals surface area contributed by atoms with E-state index in [9.17, 15) is 15.0 Å². The molecule has 0 saturated heterocycles. The Kier molecular flexibility index (Phi) is 4.24. The molecule has 1 aromatic rings. The fourth-order valence-corrected chi connectivity index (χ4v) is 3.47. The van der Waals surface area contributed by atoms with Gasteiger partial charge < -0.3 is 14.9 Å². The van der Waals surface area contributed by atoms with Crippen LogP contribution in [-0.2, 0) is 4.74 Å². The first kappa shape index (κ1) is 16.7. The summed E-state index contributed by atoms with van der Waals surface area (Å²) in [5, 5.41) is 19.6. The van der Waals surface area contributed by atoms with Crippen molar-refractivity contribution in [1.82, 2.24) is 4.90 Å². The van der Waals surface area contributed by atoms with Gasteiger partial charge in [-0.25, -0.2) is 4.79 Å². The highest BCUT2D eigenvalue weighted by Crippen LogP contribution is 2.48. The van der Waals surface area contributed by atoms with Gasteiger partial charge in [-0.2, -0.15) is 0 Å². The highest BCUT2D eigenvalue weighted by molar-refractivity contribution is 5.75. The third-order valence-corrected chi connectivity index (χ3v) is 4.39. The second-order valence-corrected chi connectivity index (χ2v) is 7.10. The summed E-state index contributed by atoms with van der Waals surface area (Å²) < 4.78 is 5.55. The van der Waals surface area contributed by atoms with Gasteiger partial charge in [0.15, 0.2) is 0 Å². The SMILES string of the molecule is CC(C)(C)OC(=O)N1C(CO)=C(CO)[C@H]2C=Cc3ccccc3[C@H]21. The standard InChI is InChI=1S/C19H23NO4/c1-19(2,3)24-18(23)20-16(11-22)15(10-21)14-9-8-12-6-4-5-7-13(12)17(14)20/h4-9,14,17,21-22H,10-11H2,1-3H3/t14-,17-/m1/s1. The number of ether oxygens (including phenoxy) is 1. The molecule has 0 bridgehead atoms. The maximum Gasteiger partial charge on any atom is 0.415 e. The van der Waals surface area contributed by atoms with Gasteiger partial charge in [-0.3, -0.25) is 4.90 Å². The van der Waals surface area contributed by atoms with E-state index in [1.165, 1.54) is 4.90 Å². The van der Waals surface area contributed by atoms with Crippen LogP contribution >= 0.6 is 0 Å². The number of aliphatic hydroxyl groups is 2. The molecule has 1 aliphatic carbocycles. The van der Waals surface area contributed by atoms with Crippen LogP contribution in [0.15, 0.2) is 41.6 Å². The summed E-state index contributed by atoms with van der Waals surface area (Å²) in [4.78, 5) is 14.3. The Morgan fingerprint density at radius 2 is 1.92 bits per heavy atom. The minimum Gasteiger partial charge on any atom is -0.443 e. The summed E-state index contributed by atoms with van der Waals surface area (Å²) in [5.41, 5.74) is 2.48. The Labute approximate surface area is 141 Å². The lowest BCUT2D eigenvalue weighted by Gasteiger charge is -2.34. The zero-order valence-corrected chi connectivity index (χ0v) is 14.2. The zero-order chi connectivity index (χ0) is 17.5. The van der Waals surface area contributed by atoms with Crippen molar-refractivity contribution in [2.24, 2.45) is 5.92 Å². The van der Waals surface area contributed by atoms with Crippen LogP contribution in [0.1, 0.15) is 37.9 Å². The lowest BCUT2D eigenvalue weighted by molar-refractivity contribution is 0.0224. The minimum atomic E-state index is -0.640. The number of carbonyl (C=O) groups excluding carboxylic acids is 1. The molecule has 2 aliphatic rings. The number of amides is 1. The zero-order valence-electron chi connectivity index (χ0n) is 14.2. The molecule has 1 aliphatic heterocycles. The van der Waals surface area contributed by atoms with E-state index in [1.807, 2.05) is 57.2 Å². The summed E-state index contributed by atoms with van der Waals surface area (Å²) in [6, 6.07) is 7.54. The minimum absolute atomic E-state index is 0.153. The van der Waals surface area contributed by atoms with Gasteiger partial charge >= 0.3 is 6.09 Å². The topological polar surface area (TPSA) is 70.0 Å². The molecule has 5 nitrogen and oxygen atoms in total. The Bertz CT molecular complexity index is 714. The molecule has 0 spiro atoms. The van der Waals surface area contributed by atoms with Crippen LogP contribution in [0.3, 0.4) is 0 Å². The van der Waals surface area contributed by atoms with Crippen LogP contribution in [0, 0.1) is 5.92 Å². The van der Waals surface area contributed by atoms with Gasteiger partial charge in [0.1, 0.15) is 5.60 Å². The molecule has 0 radical (unpaired) electrons. The lowest BCUT2D eigenvalue weighted by Crippen LogP contribution is -2.38. The van der Waals surface area contributed by atoms with E-state index in [1.54, 1.807) is 0 Å². The third-order valence-electron chi connectivity index (χ3n) is 4.39. The van der Waals surface area contributed by atoms with Gasteiger partial charge in [0.2, 0.25) is 0 Å². The van der Waals surface area contributed by atoms with Crippen molar-refractivity contribution in [3.8, 4) is 0 Å². The van der Waals surface area contributed by atoms with Gasteiger partial charge in [-0.15, -0.1) is 0 Å². The molecule has 0 fully saturated rings. The van der Waals surface area contributed by atoms with Crippen molar-refractivity contribution >= 4 is 12.2 Å². The number of benzene rings is 1. The Hall–Kier alpha value is -2.11. The predicted octanol–water partition coefficient (Wildman–Crippen LogP) is 2.86. The Morgan fingerprint density at radius 1 is 1.21 bits per heavy atom. The third kappa shape index (κ3) is 2.74. The highest BCUT2D eigenvalue weighted by Gasteiger charge is 2.45. The molecular formula is C19H23NO4. The van der Waals surface area contributed by atoms with Gasteiger partial charge in [0.25, 0.3) is 0 Å². The molecule has 1 heterocycles. The molecule has 1 aromatic carbocycles. The summed E-state index contributed by atoms with van der Waals surface area (Å²) in [7, 11) is 0. The first-order chi connectivity index (χ1) is 11.4. The van der Waals surface area contributed by atoms with E-state index in [0.29, 0.717) is 11.3 Å². The van der Waals surface area contributed by atoms with Crippen LogP contribution in [0.4, 0.5) is 4.79 Å². The monoisotopic (exact) mass is 329 g/mol. The maximum absolute atomic E-state index is 12.8. The summed E-state index contributed by atoms with van der Waals surface area (Å²) in [6.45, 7) is 4.90. The molecular weight excluding hydrogens is 306 g/mol. The van der Waals surface area contributed by atoms with E-state index < -0.39 is 11.7 Å². The molecule has 128 valence electrons. The summed E-state index contributed by atoms with van der Waals surface area (Å²) in [6.07, 6.45) is 3.48. The van der Waals surface area contributed by atoms with Crippen molar-refractivity contribution < 1.29 is 19.7 Å². The molecule has 0 aromatic heterocycles. The number of carbonyl (C=O) groups is 1. The number of fused-ring (bicyclic) bond motifs is 3. The van der Waals surface area contributed by atoms with Crippen molar-refractivity contribution in [1.29, 1.82) is 0 Å². The normalized spacial score (nSPS) is 22.5. The number of rotatable bonds is 2. The highest BCUT2D eigenvalue weighted by atomic mass is 16.6. The summed E-state index contributed by atoms with van der Waals surface area (Å²) in [5.74, 6) is -0.153. The number of aliphatic hydroxyl groups excluding tert-OH is 2. The average molecular weight is 329 g/mol. The fraction of sp³-hybridized carbons (Fsp3) is 0.421. The largest absolute Gasteiger partial charge is 0.443 e. The number of nitrogens with zero attached hydrogens (tertiary/aromatic N) is 1. The molecule has 24 heavy (non-hydrogen) atoms. The molecule has 2 atom stereocenters. The van der Waals surface area contributed by atoms with Crippen LogP contribution in [0.25, 0.3) is 6.08 Å². The number of hydrogen-bond donors (Lipinski definition) is 2. The van der Waals surface area contributed by atoms with Gasteiger partial charge in [0, 0.05) is 5.92 Å². The quantitative estimate of drug-likeness (QED) is 0.875. The molecule has 3 rings (SSSR count). The van der Waals surface area contributed by atoms with Gasteiger partial charge in [-0.1, -0.05) is 36.4 Å². The van der Waals surface area contributed by atoms with E-state index >= 15 is 0 Å². The first-order valence-electron chi connectivity index (χ1n) is 8.10. The van der Waals surface area contributed by atoms with E-state index in [0.717, 1.165) is 11.1 Å². The van der Waals surface area contributed by atoms with Gasteiger partial charge in [0.05, 0.1) is 25.0 Å². The van der Waals surface area contributed by atoms with Gasteiger partial charge in [-0.05, 0) is 37.5 Å². The molecule has 1 amide bonds. The lowest BCUT2D eigenvalue weighted by atomic mass is 9.82. The van der Waals surface area contributed by atoms with Crippen molar-refractivity contribution in [2.45, 2.75) is 32.4 Å². The van der Waals surface area contributed by atoms with E-state index in [2.05, 4.69) is 0 Å². The fourth-order valence-electron chi connectivity index (χ4n) is 3.47. The molecule has 5 heteroatoms. The van der Waals surface area contributed by atoms with E-state index in [4.69, 9.17) is 4.74 Å². The molecule has 2 N–H and O–H groups in total. The second-order valence-electron chi connectivity index (χ2n) is 7.10. The van der Waals surface area contributed by atoms with Crippen LogP contribution in [0.2, 0.25) is 0 Å². The van der Waals surface area contributed by atoms with Crippen molar-refractivity contribution in [3.63, 3.8) is 0 Å². The number of hydrogen-bond acceptors (Lipinski definition) is 4. The Balaban J connectivity index is 2.09. The van der Waals surface area contributed by atoms with E-state index in [-0.39, 0.29) is 25.2 Å². The first-order valence-corrected chi connectivity index (χ1v) is 8.10. The van der Waals surface area contributed by atoms with Crippen LogP contribution in [0.5, 0.6) is 0 Å².